The van der Waals surface area contributed by atoms with E-state index in [0.29, 0.717) is 6.54 Å². The van der Waals surface area contributed by atoms with Gasteiger partial charge in [-0.25, -0.2) is 9.78 Å². The molecule has 2 atom stereocenters. The first-order valence-electron chi connectivity index (χ1n) is 11.0. The molecule has 8 nitrogen and oxygen atoms in total. The Morgan fingerprint density at radius 2 is 1.74 bits per heavy atom. The van der Waals surface area contributed by atoms with Gasteiger partial charge in [0.2, 0.25) is 0 Å². The number of hydrogen-bond donors (Lipinski definition) is 2. The van der Waals surface area contributed by atoms with Crippen LogP contribution in [0, 0.1) is 11.8 Å². The van der Waals surface area contributed by atoms with Crippen LogP contribution in [0.15, 0.2) is 53.9 Å². The minimum Gasteiger partial charge on any atom is -0.481 e. The molecular formula is C25H23N3O5S. The topological polar surface area (TPSA) is 109 Å². The molecule has 3 aromatic rings. The lowest BCUT2D eigenvalue weighted by Gasteiger charge is -2.14. The third kappa shape index (κ3) is 4.03. The lowest BCUT2D eigenvalue weighted by molar-refractivity contribution is -0.142. The standard InChI is InChI=1S/C25H23N3O5S/c1-14-10-28(11-19(14)23(30)31)22(29)21-13-34-24(26-21)27-25(32)33-12-20-17-8-4-2-6-15(17)16-7-3-5-9-18(16)20/h2-9,13-14,19-20H,10-12H2,1H3,(H,30,31)(H,26,27,32). The third-order valence-corrected chi connectivity index (χ3v) is 7.25. The first kappa shape index (κ1) is 22.1. The van der Waals surface area contributed by atoms with E-state index in [-0.39, 0.29) is 41.7 Å². The first-order chi connectivity index (χ1) is 16.4. The molecule has 1 aromatic heterocycles. The highest BCUT2D eigenvalue weighted by molar-refractivity contribution is 7.14. The molecule has 2 N–H and O–H groups in total. The maximum absolute atomic E-state index is 12.7. The number of anilines is 1. The second-order valence-electron chi connectivity index (χ2n) is 8.62. The van der Waals surface area contributed by atoms with Gasteiger partial charge < -0.3 is 14.7 Å². The molecule has 2 aliphatic rings. The Balaban J connectivity index is 1.21. The summed E-state index contributed by atoms with van der Waals surface area (Å²) in [4.78, 5) is 42.2. The summed E-state index contributed by atoms with van der Waals surface area (Å²) in [7, 11) is 0. The minimum atomic E-state index is -0.904. The summed E-state index contributed by atoms with van der Waals surface area (Å²) in [5.74, 6) is -2.00. The zero-order valence-electron chi connectivity index (χ0n) is 18.4. The van der Waals surface area contributed by atoms with Gasteiger partial charge in [-0.15, -0.1) is 11.3 Å². The average Bonchev–Trinajstić information content (AvgIpc) is 3.53. The van der Waals surface area contributed by atoms with Crippen LogP contribution in [0.5, 0.6) is 0 Å². The molecule has 1 fully saturated rings. The smallest absolute Gasteiger partial charge is 0.413 e. The van der Waals surface area contributed by atoms with Gasteiger partial charge >= 0.3 is 12.1 Å². The highest BCUT2D eigenvalue weighted by Gasteiger charge is 2.38. The molecule has 0 radical (unpaired) electrons. The molecule has 5 rings (SSSR count). The summed E-state index contributed by atoms with van der Waals surface area (Å²) >= 11 is 1.12. The second-order valence-corrected chi connectivity index (χ2v) is 9.48. The maximum Gasteiger partial charge on any atom is 0.413 e. The van der Waals surface area contributed by atoms with Crippen LogP contribution in [0.1, 0.15) is 34.5 Å². The molecule has 2 aromatic carbocycles. The van der Waals surface area contributed by atoms with E-state index in [1.54, 1.807) is 5.38 Å². The van der Waals surface area contributed by atoms with Crippen LogP contribution in [-0.2, 0) is 9.53 Å². The largest absolute Gasteiger partial charge is 0.481 e. The van der Waals surface area contributed by atoms with Crippen LogP contribution < -0.4 is 5.32 Å². The molecule has 2 amide bonds. The fourth-order valence-electron chi connectivity index (χ4n) is 4.77. The predicted octanol–water partition coefficient (Wildman–Crippen LogP) is 4.30. The molecule has 0 saturated carbocycles. The van der Waals surface area contributed by atoms with E-state index in [2.05, 4.69) is 22.4 Å². The number of nitrogens with one attached hydrogen (secondary N) is 1. The Kier molecular flexibility index (Phi) is 5.79. The van der Waals surface area contributed by atoms with Gasteiger partial charge in [-0.3, -0.25) is 14.9 Å². The molecule has 1 saturated heterocycles. The van der Waals surface area contributed by atoms with Crippen LogP contribution in [-0.4, -0.2) is 52.7 Å². The Labute approximate surface area is 200 Å². The number of carbonyl (C=O) groups is 3. The van der Waals surface area contributed by atoms with Crippen LogP contribution in [0.3, 0.4) is 0 Å². The van der Waals surface area contributed by atoms with Crippen molar-refractivity contribution >= 4 is 34.4 Å². The lowest BCUT2D eigenvalue weighted by atomic mass is 9.98. The van der Waals surface area contributed by atoms with E-state index in [0.717, 1.165) is 33.6 Å². The van der Waals surface area contributed by atoms with E-state index in [1.807, 2.05) is 43.3 Å². The number of aromatic nitrogens is 1. The molecule has 34 heavy (non-hydrogen) atoms. The number of carbonyl (C=O) groups excluding carboxylic acids is 2. The van der Waals surface area contributed by atoms with Gasteiger partial charge in [0.1, 0.15) is 12.3 Å². The number of ether oxygens (including phenoxy) is 1. The predicted molar refractivity (Wildman–Crippen MR) is 127 cm³/mol. The summed E-state index contributed by atoms with van der Waals surface area (Å²) in [5, 5.41) is 13.7. The number of carboxylic acid groups (broad SMARTS) is 1. The number of rotatable bonds is 5. The Morgan fingerprint density at radius 1 is 1.09 bits per heavy atom. The number of hydrogen-bond acceptors (Lipinski definition) is 6. The van der Waals surface area contributed by atoms with E-state index in [9.17, 15) is 19.5 Å². The molecule has 9 heteroatoms. The number of carboxylic acids is 1. The summed E-state index contributed by atoms with van der Waals surface area (Å²) in [6.45, 7) is 2.51. The summed E-state index contributed by atoms with van der Waals surface area (Å²) in [5.41, 5.74) is 4.72. The fraction of sp³-hybridized carbons (Fsp3) is 0.280. The van der Waals surface area contributed by atoms with Gasteiger partial charge in [-0.2, -0.15) is 0 Å². The SMILES string of the molecule is CC1CN(C(=O)c2csc(NC(=O)OCC3c4ccccc4-c4ccccc43)n2)CC1C(=O)O. The van der Waals surface area contributed by atoms with Crippen LogP contribution in [0.4, 0.5) is 9.93 Å². The molecular weight excluding hydrogens is 454 g/mol. The van der Waals surface area contributed by atoms with Crippen molar-refractivity contribution in [2.24, 2.45) is 11.8 Å². The first-order valence-corrected chi connectivity index (χ1v) is 11.9. The minimum absolute atomic E-state index is 0.0501. The molecule has 0 spiro atoms. The summed E-state index contributed by atoms with van der Waals surface area (Å²) < 4.78 is 5.52. The van der Waals surface area contributed by atoms with Crippen molar-refractivity contribution in [3.05, 3.63) is 70.7 Å². The molecule has 1 aliphatic heterocycles. The van der Waals surface area contributed by atoms with Crippen LogP contribution in [0.2, 0.25) is 0 Å². The van der Waals surface area contributed by atoms with E-state index < -0.39 is 18.0 Å². The number of likely N-dealkylation sites (tertiary alicyclic amines) is 1. The van der Waals surface area contributed by atoms with Gasteiger partial charge in [0.05, 0.1) is 5.92 Å². The van der Waals surface area contributed by atoms with Crippen molar-refractivity contribution in [2.75, 3.05) is 25.0 Å². The van der Waals surface area contributed by atoms with Crippen molar-refractivity contribution in [3.8, 4) is 11.1 Å². The van der Waals surface area contributed by atoms with E-state index in [4.69, 9.17) is 4.74 Å². The highest BCUT2D eigenvalue weighted by atomic mass is 32.1. The van der Waals surface area contributed by atoms with E-state index in [1.165, 1.54) is 4.90 Å². The Morgan fingerprint density at radius 3 is 2.35 bits per heavy atom. The monoisotopic (exact) mass is 477 g/mol. The van der Waals surface area contributed by atoms with Crippen LogP contribution >= 0.6 is 11.3 Å². The number of nitrogens with zero attached hydrogens (tertiary/aromatic N) is 2. The van der Waals surface area contributed by atoms with Crippen LogP contribution in [0.25, 0.3) is 11.1 Å². The maximum atomic E-state index is 12.7. The Hall–Kier alpha value is -3.72. The molecule has 2 heterocycles. The van der Waals surface area contributed by atoms with Gasteiger partial charge in [0, 0.05) is 24.4 Å². The zero-order chi connectivity index (χ0) is 23.8. The molecule has 2 unspecified atom stereocenters. The number of aliphatic carboxylic acids is 1. The van der Waals surface area contributed by atoms with Gasteiger partial charge in [-0.1, -0.05) is 55.5 Å². The average molecular weight is 478 g/mol. The lowest BCUT2D eigenvalue weighted by Crippen LogP contribution is -2.30. The normalized spacial score (nSPS) is 18.9. The number of benzene rings is 2. The summed E-state index contributed by atoms with van der Waals surface area (Å²) in [6, 6.07) is 16.2. The van der Waals surface area contributed by atoms with Crippen molar-refractivity contribution in [1.82, 2.24) is 9.88 Å². The van der Waals surface area contributed by atoms with Crippen molar-refractivity contribution < 1.29 is 24.2 Å². The number of amides is 2. The quantitative estimate of drug-likeness (QED) is 0.567. The second kappa shape index (κ2) is 8.90. The highest BCUT2D eigenvalue weighted by Crippen LogP contribution is 2.44. The third-order valence-electron chi connectivity index (χ3n) is 6.49. The fourth-order valence-corrected chi connectivity index (χ4v) is 5.44. The van der Waals surface area contributed by atoms with Crippen molar-refractivity contribution in [2.45, 2.75) is 12.8 Å². The number of fused-ring (bicyclic) bond motifs is 3. The summed E-state index contributed by atoms with van der Waals surface area (Å²) in [6.07, 6.45) is -0.643. The molecule has 174 valence electrons. The van der Waals surface area contributed by atoms with Gasteiger partial charge in [-0.05, 0) is 28.2 Å². The van der Waals surface area contributed by atoms with Gasteiger partial charge in [0.15, 0.2) is 5.13 Å². The Bertz CT molecular complexity index is 1230. The van der Waals surface area contributed by atoms with Crippen molar-refractivity contribution in [1.29, 1.82) is 0 Å². The molecule has 0 bridgehead atoms. The number of thiazole rings is 1. The molecule has 1 aliphatic carbocycles. The van der Waals surface area contributed by atoms with Crippen molar-refractivity contribution in [3.63, 3.8) is 0 Å². The zero-order valence-corrected chi connectivity index (χ0v) is 19.2. The van der Waals surface area contributed by atoms with E-state index >= 15 is 0 Å². The van der Waals surface area contributed by atoms with Gasteiger partial charge in [0.25, 0.3) is 5.91 Å².